The Morgan fingerprint density at radius 3 is 2.72 bits per heavy atom. The van der Waals surface area contributed by atoms with Crippen molar-refractivity contribution in [3.8, 4) is 0 Å². The summed E-state index contributed by atoms with van der Waals surface area (Å²) in [5, 5.41) is 3.12. The first-order chi connectivity index (χ1) is 13.8. The molecule has 0 unspecified atom stereocenters. The standard InChI is InChI=1S/C18H17ClFN5O3S/c1-23-16(27)14-15(22-17(29-14)24-6-2-3-7-24)25(18(23)28)9-13(26)21-10-4-5-12(20)11(19)8-10/h4-5,8H,2-3,6-7,9H2,1H3,(H,21,26). The molecule has 0 saturated carbocycles. The largest absolute Gasteiger partial charge is 0.348 e. The molecule has 1 fully saturated rings. The van der Waals surface area contributed by atoms with Gasteiger partial charge in [0.25, 0.3) is 5.56 Å². The molecule has 8 nitrogen and oxygen atoms in total. The lowest BCUT2D eigenvalue weighted by Gasteiger charge is -2.12. The highest BCUT2D eigenvalue weighted by Gasteiger charge is 2.22. The number of amides is 1. The molecule has 152 valence electrons. The average molecular weight is 438 g/mol. The zero-order chi connectivity index (χ0) is 20.7. The molecule has 4 rings (SSSR count). The second kappa shape index (κ2) is 7.60. The molecule has 0 spiro atoms. The second-order valence-electron chi connectivity index (χ2n) is 6.75. The van der Waals surface area contributed by atoms with Crippen LogP contribution in [-0.2, 0) is 18.4 Å². The van der Waals surface area contributed by atoms with Crippen molar-refractivity contribution in [2.45, 2.75) is 19.4 Å². The monoisotopic (exact) mass is 437 g/mol. The first-order valence-corrected chi connectivity index (χ1v) is 10.1. The van der Waals surface area contributed by atoms with Crippen LogP contribution in [0.2, 0.25) is 5.02 Å². The predicted octanol–water partition coefficient (Wildman–Crippen LogP) is 2.19. The van der Waals surface area contributed by atoms with Gasteiger partial charge in [-0.2, -0.15) is 0 Å². The molecule has 2 aromatic heterocycles. The van der Waals surface area contributed by atoms with Crippen LogP contribution in [0.25, 0.3) is 10.3 Å². The number of thiazole rings is 1. The maximum atomic E-state index is 13.3. The number of fused-ring (bicyclic) bond motifs is 1. The smallest absolute Gasteiger partial charge is 0.332 e. The average Bonchev–Trinajstić information content (AvgIpc) is 3.36. The maximum Gasteiger partial charge on any atom is 0.332 e. The number of hydrogen-bond donors (Lipinski definition) is 1. The molecule has 3 aromatic rings. The second-order valence-corrected chi connectivity index (χ2v) is 8.14. The first-order valence-electron chi connectivity index (χ1n) is 8.95. The highest BCUT2D eigenvalue weighted by atomic mass is 35.5. The number of anilines is 2. The van der Waals surface area contributed by atoms with Crippen molar-refractivity contribution in [1.82, 2.24) is 14.1 Å². The van der Waals surface area contributed by atoms with Crippen LogP contribution >= 0.6 is 22.9 Å². The van der Waals surface area contributed by atoms with Gasteiger partial charge in [-0.3, -0.25) is 18.7 Å². The van der Waals surface area contributed by atoms with Gasteiger partial charge in [0.05, 0.1) is 5.02 Å². The zero-order valence-electron chi connectivity index (χ0n) is 15.4. The Balaban J connectivity index is 1.70. The van der Waals surface area contributed by atoms with E-state index in [0.29, 0.717) is 15.5 Å². The van der Waals surface area contributed by atoms with Gasteiger partial charge >= 0.3 is 5.69 Å². The summed E-state index contributed by atoms with van der Waals surface area (Å²) in [4.78, 5) is 44.2. The Kier molecular flexibility index (Phi) is 5.13. The van der Waals surface area contributed by atoms with Gasteiger partial charge in [-0.25, -0.2) is 14.2 Å². The molecule has 0 bridgehead atoms. The third-order valence-electron chi connectivity index (χ3n) is 4.75. The minimum atomic E-state index is -0.631. The van der Waals surface area contributed by atoms with Crippen LogP contribution in [0.3, 0.4) is 0 Å². The summed E-state index contributed by atoms with van der Waals surface area (Å²) in [6.45, 7) is 1.34. The summed E-state index contributed by atoms with van der Waals surface area (Å²) in [5.41, 5.74) is -0.577. The fraction of sp³-hybridized carbons (Fsp3) is 0.333. The lowest BCUT2D eigenvalue weighted by molar-refractivity contribution is -0.116. The third-order valence-corrected chi connectivity index (χ3v) is 6.14. The van der Waals surface area contributed by atoms with Crippen LogP contribution in [0.1, 0.15) is 12.8 Å². The van der Waals surface area contributed by atoms with E-state index < -0.39 is 23.0 Å². The summed E-state index contributed by atoms with van der Waals surface area (Å²) >= 11 is 6.95. The van der Waals surface area contributed by atoms with E-state index >= 15 is 0 Å². The molecule has 1 N–H and O–H groups in total. The van der Waals surface area contributed by atoms with Gasteiger partial charge in [-0.1, -0.05) is 22.9 Å². The van der Waals surface area contributed by atoms with E-state index in [9.17, 15) is 18.8 Å². The SMILES string of the molecule is Cn1c(=O)c2sc(N3CCCC3)nc2n(CC(=O)Nc2ccc(F)c(Cl)c2)c1=O. The van der Waals surface area contributed by atoms with Crippen LogP contribution in [0.5, 0.6) is 0 Å². The molecule has 1 aromatic carbocycles. The van der Waals surface area contributed by atoms with Crippen LogP contribution in [-0.4, -0.2) is 33.1 Å². The summed E-state index contributed by atoms with van der Waals surface area (Å²) in [5.74, 6) is -1.12. The third kappa shape index (κ3) is 3.65. The summed E-state index contributed by atoms with van der Waals surface area (Å²) in [6.07, 6.45) is 2.09. The number of carbonyl (C=O) groups is 1. The van der Waals surface area contributed by atoms with Crippen molar-refractivity contribution in [3.05, 3.63) is 49.9 Å². The fourth-order valence-electron chi connectivity index (χ4n) is 3.24. The molecule has 1 aliphatic heterocycles. The van der Waals surface area contributed by atoms with Gasteiger partial charge in [0.1, 0.15) is 17.1 Å². The Bertz CT molecular complexity index is 1230. The topological polar surface area (TPSA) is 89.2 Å². The molecule has 1 amide bonds. The van der Waals surface area contributed by atoms with Crippen molar-refractivity contribution < 1.29 is 9.18 Å². The van der Waals surface area contributed by atoms with E-state index in [0.717, 1.165) is 36.6 Å². The van der Waals surface area contributed by atoms with E-state index in [4.69, 9.17) is 11.6 Å². The van der Waals surface area contributed by atoms with E-state index in [1.54, 1.807) is 0 Å². The Morgan fingerprint density at radius 2 is 2.03 bits per heavy atom. The molecule has 3 heterocycles. The summed E-state index contributed by atoms with van der Waals surface area (Å²) in [6, 6.07) is 3.78. The van der Waals surface area contributed by atoms with Gasteiger partial charge < -0.3 is 10.2 Å². The van der Waals surface area contributed by atoms with E-state index in [-0.39, 0.29) is 17.2 Å². The molecular weight excluding hydrogens is 421 g/mol. The molecule has 1 saturated heterocycles. The van der Waals surface area contributed by atoms with Gasteiger partial charge in [-0.15, -0.1) is 0 Å². The van der Waals surface area contributed by atoms with Crippen LogP contribution in [0.15, 0.2) is 27.8 Å². The highest BCUT2D eigenvalue weighted by molar-refractivity contribution is 7.22. The van der Waals surface area contributed by atoms with Crippen molar-refractivity contribution in [2.24, 2.45) is 7.05 Å². The lowest BCUT2D eigenvalue weighted by atomic mass is 10.3. The number of hydrogen-bond acceptors (Lipinski definition) is 6. The molecule has 0 atom stereocenters. The Hall–Kier alpha value is -2.72. The Labute approximate surface area is 173 Å². The summed E-state index contributed by atoms with van der Waals surface area (Å²) < 4.78 is 15.8. The lowest BCUT2D eigenvalue weighted by Crippen LogP contribution is -2.39. The molecule has 1 aliphatic rings. The van der Waals surface area contributed by atoms with E-state index in [1.807, 2.05) is 0 Å². The minimum Gasteiger partial charge on any atom is -0.348 e. The minimum absolute atomic E-state index is 0.126. The number of carbonyl (C=O) groups excluding carboxylic acids is 1. The van der Waals surface area contributed by atoms with Gasteiger partial charge in [0.15, 0.2) is 10.8 Å². The van der Waals surface area contributed by atoms with Gasteiger partial charge in [0, 0.05) is 25.8 Å². The molecule has 0 aliphatic carbocycles. The molecule has 29 heavy (non-hydrogen) atoms. The molecule has 0 radical (unpaired) electrons. The van der Waals surface area contributed by atoms with Crippen molar-refractivity contribution in [3.63, 3.8) is 0 Å². The van der Waals surface area contributed by atoms with Crippen LogP contribution < -0.4 is 21.5 Å². The zero-order valence-corrected chi connectivity index (χ0v) is 17.0. The van der Waals surface area contributed by atoms with Crippen molar-refractivity contribution in [2.75, 3.05) is 23.3 Å². The normalized spacial score (nSPS) is 14.0. The van der Waals surface area contributed by atoms with E-state index in [1.165, 1.54) is 35.1 Å². The van der Waals surface area contributed by atoms with Crippen molar-refractivity contribution in [1.29, 1.82) is 0 Å². The number of benzene rings is 1. The number of halogens is 2. The molecule has 11 heteroatoms. The van der Waals surface area contributed by atoms with Gasteiger partial charge in [-0.05, 0) is 31.0 Å². The number of aromatic nitrogens is 3. The van der Waals surface area contributed by atoms with Gasteiger partial charge in [0.2, 0.25) is 5.91 Å². The quantitative estimate of drug-likeness (QED) is 0.675. The number of nitrogens with zero attached hydrogens (tertiary/aromatic N) is 4. The maximum absolute atomic E-state index is 13.3. The fourth-order valence-corrected chi connectivity index (χ4v) is 4.52. The predicted molar refractivity (Wildman–Crippen MR) is 111 cm³/mol. The Morgan fingerprint density at radius 1 is 1.31 bits per heavy atom. The number of rotatable bonds is 4. The molecular formula is C18H17ClFN5O3S. The van der Waals surface area contributed by atoms with Crippen molar-refractivity contribution >= 4 is 50.0 Å². The number of nitrogens with one attached hydrogen (secondary N) is 1. The van der Waals surface area contributed by atoms with Crippen LogP contribution in [0, 0.1) is 5.82 Å². The highest BCUT2D eigenvalue weighted by Crippen LogP contribution is 2.28. The summed E-state index contributed by atoms with van der Waals surface area (Å²) in [7, 11) is 1.37. The van der Waals surface area contributed by atoms with E-state index in [2.05, 4.69) is 15.2 Å². The first kappa shape index (κ1) is 19.6. The van der Waals surface area contributed by atoms with Crippen LogP contribution in [0.4, 0.5) is 15.2 Å².